The molecule has 3 rings (SSSR count). The average Bonchev–Trinajstić information content (AvgIpc) is 2.81. The van der Waals surface area contributed by atoms with Crippen LogP contribution in [0.4, 0.5) is 15.2 Å². The normalized spacial score (nSPS) is 14.7. The minimum Gasteiger partial charge on any atom is -0.403 e. The Hall–Kier alpha value is -2.70. The summed E-state index contributed by atoms with van der Waals surface area (Å²) in [5.41, 5.74) is 0.591. The molecule has 0 fully saturated rings. The lowest BCUT2D eigenvalue weighted by Crippen LogP contribution is -2.35. The SMILES string of the molecule is O=C(Nc1nnc(-c2ccc(F)cc2)o1)N1CCC=CCC1. The number of amides is 2. The van der Waals surface area contributed by atoms with Crippen molar-refractivity contribution in [3.05, 3.63) is 42.2 Å². The van der Waals surface area contributed by atoms with Crippen LogP contribution in [-0.2, 0) is 0 Å². The summed E-state index contributed by atoms with van der Waals surface area (Å²) >= 11 is 0. The maximum absolute atomic E-state index is 12.9. The Bertz CT molecular complexity index is 671. The van der Waals surface area contributed by atoms with Gasteiger partial charge in [0.25, 0.3) is 0 Å². The fourth-order valence-electron chi connectivity index (χ4n) is 2.16. The van der Waals surface area contributed by atoms with E-state index in [0.29, 0.717) is 18.7 Å². The van der Waals surface area contributed by atoms with Crippen LogP contribution < -0.4 is 5.32 Å². The standard InChI is InChI=1S/C15H15FN4O2/c16-12-7-5-11(6-8-12)13-18-19-14(22-13)17-15(21)20-9-3-1-2-4-10-20/h1-2,5-8H,3-4,9-10H2,(H,17,19,21). The highest BCUT2D eigenvalue weighted by Gasteiger charge is 2.17. The van der Waals surface area contributed by atoms with Gasteiger partial charge in [-0.05, 0) is 37.1 Å². The zero-order valence-electron chi connectivity index (χ0n) is 11.8. The summed E-state index contributed by atoms with van der Waals surface area (Å²) in [6.45, 7) is 1.31. The van der Waals surface area contributed by atoms with E-state index in [9.17, 15) is 9.18 Å². The molecule has 0 bridgehead atoms. The first-order valence-electron chi connectivity index (χ1n) is 7.03. The number of hydrogen-bond donors (Lipinski definition) is 1. The van der Waals surface area contributed by atoms with Gasteiger partial charge >= 0.3 is 12.0 Å². The Kier molecular flexibility index (Phi) is 4.13. The number of rotatable bonds is 2. The fraction of sp³-hybridized carbons (Fsp3) is 0.267. The highest BCUT2D eigenvalue weighted by atomic mass is 19.1. The molecule has 0 spiro atoms. The van der Waals surface area contributed by atoms with Crippen molar-refractivity contribution in [2.75, 3.05) is 18.4 Å². The largest absolute Gasteiger partial charge is 0.403 e. The van der Waals surface area contributed by atoms with E-state index in [-0.39, 0.29) is 23.8 Å². The van der Waals surface area contributed by atoms with Gasteiger partial charge < -0.3 is 9.32 Å². The van der Waals surface area contributed by atoms with Crippen LogP contribution in [-0.4, -0.2) is 34.2 Å². The van der Waals surface area contributed by atoms with Crippen LogP contribution >= 0.6 is 0 Å². The van der Waals surface area contributed by atoms with Crippen LogP contribution in [0.15, 0.2) is 40.8 Å². The number of carbonyl (C=O) groups excluding carboxylic acids is 1. The van der Waals surface area contributed by atoms with Crippen molar-refractivity contribution in [2.24, 2.45) is 0 Å². The molecule has 2 amide bonds. The Labute approximate surface area is 126 Å². The van der Waals surface area contributed by atoms with Crippen molar-refractivity contribution in [1.29, 1.82) is 0 Å². The fourth-order valence-corrected chi connectivity index (χ4v) is 2.16. The molecule has 22 heavy (non-hydrogen) atoms. The van der Waals surface area contributed by atoms with Gasteiger partial charge in [0.1, 0.15) is 5.82 Å². The third-order valence-electron chi connectivity index (χ3n) is 3.32. The second-order valence-corrected chi connectivity index (χ2v) is 4.89. The van der Waals surface area contributed by atoms with Crippen molar-refractivity contribution in [3.63, 3.8) is 0 Å². The van der Waals surface area contributed by atoms with Gasteiger partial charge in [0, 0.05) is 18.7 Å². The second-order valence-electron chi connectivity index (χ2n) is 4.89. The lowest BCUT2D eigenvalue weighted by Gasteiger charge is -2.19. The first-order valence-corrected chi connectivity index (χ1v) is 7.03. The molecular formula is C15H15FN4O2. The molecule has 1 N–H and O–H groups in total. The number of benzene rings is 1. The van der Waals surface area contributed by atoms with E-state index in [0.717, 1.165) is 12.8 Å². The molecule has 114 valence electrons. The van der Waals surface area contributed by atoms with E-state index in [2.05, 4.69) is 27.7 Å². The smallest absolute Gasteiger partial charge is 0.325 e. The first kappa shape index (κ1) is 14.2. The van der Waals surface area contributed by atoms with E-state index in [1.165, 1.54) is 24.3 Å². The molecule has 0 atom stereocenters. The molecule has 0 saturated heterocycles. The number of halogens is 1. The summed E-state index contributed by atoms with van der Waals surface area (Å²) < 4.78 is 18.3. The molecule has 1 aromatic carbocycles. The first-order chi connectivity index (χ1) is 10.7. The van der Waals surface area contributed by atoms with Crippen LogP contribution in [0, 0.1) is 5.82 Å². The number of carbonyl (C=O) groups is 1. The van der Waals surface area contributed by atoms with Crippen LogP contribution in [0.1, 0.15) is 12.8 Å². The van der Waals surface area contributed by atoms with Gasteiger partial charge in [-0.15, -0.1) is 5.10 Å². The molecule has 2 aromatic rings. The lowest BCUT2D eigenvalue weighted by atomic mass is 10.2. The average molecular weight is 302 g/mol. The highest BCUT2D eigenvalue weighted by molar-refractivity contribution is 5.87. The van der Waals surface area contributed by atoms with Gasteiger partial charge in [0.2, 0.25) is 5.89 Å². The second kappa shape index (κ2) is 6.38. The van der Waals surface area contributed by atoms with Gasteiger partial charge in [-0.3, -0.25) is 5.32 Å². The quantitative estimate of drug-likeness (QED) is 0.865. The molecule has 0 unspecified atom stereocenters. The number of hydrogen-bond acceptors (Lipinski definition) is 4. The van der Waals surface area contributed by atoms with Crippen molar-refractivity contribution in [3.8, 4) is 11.5 Å². The van der Waals surface area contributed by atoms with Gasteiger partial charge in [0.15, 0.2) is 0 Å². The predicted molar refractivity (Wildman–Crippen MR) is 78.7 cm³/mol. The van der Waals surface area contributed by atoms with Crippen LogP contribution in [0.5, 0.6) is 0 Å². The molecular weight excluding hydrogens is 287 g/mol. The van der Waals surface area contributed by atoms with Crippen LogP contribution in [0.3, 0.4) is 0 Å². The Balaban J connectivity index is 1.66. The summed E-state index contributed by atoms with van der Waals surface area (Å²) in [7, 11) is 0. The molecule has 1 aliphatic rings. The highest BCUT2D eigenvalue weighted by Crippen LogP contribution is 2.20. The van der Waals surface area contributed by atoms with Crippen LogP contribution in [0.2, 0.25) is 0 Å². The van der Waals surface area contributed by atoms with Crippen LogP contribution in [0.25, 0.3) is 11.5 Å². The molecule has 7 heteroatoms. The van der Waals surface area contributed by atoms with Crippen molar-refractivity contribution >= 4 is 12.0 Å². The summed E-state index contributed by atoms with van der Waals surface area (Å²) in [4.78, 5) is 13.8. The molecule has 0 aliphatic carbocycles. The third-order valence-corrected chi connectivity index (χ3v) is 3.32. The zero-order valence-corrected chi connectivity index (χ0v) is 11.8. The molecule has 1 aliphatic heterocycles. The number of anilines is 1. The van der Waals surface area contributed by atoms with Gasteiger partial charge in [-0.25, -0.2) is 9.18 Å². The van der Waals surface area contributed by atoms with E-state index in [1.54, 1.807) is 4.90 Å². The monoisotopic (exact) mass is 302 g/mol. The van der Waals surface area contributed by atoms with Crippen molar-refractivity contribution in [2.45, 2.75) is 12.8 Å². The summed E-state index contributed by atoms with van der Waals surface area (Å²) in [6.07, 6.45) is 5.79. The number of urea groups is 1. The Morgan fingerprint density at radius 1 is 1.14 bits per heavy atom. The number of nitrogens with one attached hydrogen (secondary N) is 1. The number of nitrogens with zero attached hydrogens (tertiary/aromatic N) is 3. The zero-order chi connectivity index (χ0) is 15.4. The maximum Gasteiger partial charge on any atom is 0.325 e. The summed E-state index contributed by atoms with van der Waals surface area (Å²) in [5.74, 6) is -0.112. The Morgan fingerprint density at radius 3 is 2.50 bits per heavy atom. The maximum atomic E-state index is 12.9. The van der Waals surface area contributed by atoms with Gasteiger partial charge in [0.05, 0.1) is 0 Å². The summed E-state index contributed by atoms with van der Waals surface area (Å²) in [6, 6.07) is 5.45. The van der Waals surface area contributed by atoms with Gasteiger partial charge in [-0.2, -0.15) is 0 Å². The number of aromatic nitrogens is 2. The molecule has 1 aromatic heterocycles. The lowest BCUT2D eigenvalue weighted by molar-refractivity contribution is 0.213. The summed E-state index contributed by atoms with van der Waals surface area (Å²) in [5, 5.41) is 10.2. The van der Waals surface area contributed by atoms with E-state index in [1.807, 2.05) is 0 Å². The van der Waals surface area contributed by atoms with Crippen molar-refractivity contribution in [1.82, 2.24) is 15.1 Å². The van der Waals surface area contributed by atoms with Gasteiger partial charge in [-0.1, -0.05) is 17.3 Å². The molecule has 0 saturated carbocycles. The third kappa shape index (κ3) is 3.30. The minimum absolute atomic E-state index is 0.0292. The molecule has 0 radical (unpaired) electrons. The van der Waals surface area contributed by atoms with E-state index in [4.69, 9.17) is 4.42 Å². The van der Waals surface area contributed by atoms with E-state index < -0.39 is 0 Å². The minimum atomic E-state index is -0.341. The topological polar surface area (TPSA) is 71.3 Å². The van der Waals surface area contributed by atoms with E-state index >= 15 is 0 Å². The van der Waals surface area contributed by atoms with Crippen molar-refractivity contribution < 1.29 is 13.6 Å². The Morgan fingerprint density at radius 2 is 1.82 bits per heavy atom. The molecule has 6 nitrogen and oxygen atoms in total. The molecule has 2 heterocycles. The predicted octanol–water partition coefficient (Wildman–Crippen LogP) is 3.06.